The lowest BCUT2D eigenvalue weighted by molar-refractivity contribution is 0.0990. The number of carbonyl (C=O) groups is 1. The number of halogens is 1. The van der Waals surface area contributed by atoms with Crippen molar-refractivity contribution in [3.8, 4) is 17.1 Å². The second kappa shape index (κ2) is 4.86. The summed E-state index contributed by atoms with van der Waals surface area (Å²) in [6.07, 6.45) is 1.31. The van der Waals surface area contributed by atoms with Gasteiger partial charge < -0.3 is 15.5 Å². The predicted molar refractivity (Wildman–Crippen MR) is 74.4 cm³/mol. The van der Waals surface area contributed by atoms with Gasteiger partial charge in [0, 0.05) is 6.20 Å². The largest absolute Gasteiger partial charge is 0.493 e. The number of H-pyrrole nitrogens is 1. The number of aromatic amines is 1. The Morgan fingerprint density at radius 3 is 2.81 bits per heavy atom. The number of rotatable bonds is 3. The highest BCUT2D eigenvalue weighted by Crippen LogP contribution is 2.32. The van der Waals surface area contributed by atoms with Gasteiger partial charge in [0.25, 0.3) is 5.91 Å². The Labute approximate surface area is 118 Å². The molecule has 3 N–H and O–H groups in total. The van der Waals surface area contributed by atoms with Gasteiger partial charge in [-0.15, -0.1) is 0 Å². The Morgan fingerprint density at radius 2 is 2.14 bits per heavy atom. The van der Waals surface area contributed by atoms with Crippen molar-refractivity contribution < 1.29 is 13.9 Å². The van der Waals surface area contributed by atoms with E-state index in [1.54, 1.807) is 0 Å². The molecule has 0 radical (unpaired) electrons. The quantitative estimate of drug-likeness (QED) is 0.768. The maximum Gasteiger partial charge on any atom is 0.270 e. The molecular formula is C14H11FN4O2. The van der Waals surface area contributed by atoms with Crippen molar-refractivity contribution in [3.63, 3.8) is 0 Å². The normalized spacial score (nSPS) is 10.8. The summed E-state index contributed by atoms with van der Waals surface area (Å²) >= 11 is 0. The average Bonchev–Trinajstić information content (AvgIpc) is 2.90. The summed E-state index contributed by atoms with van der Waals surface area (Å²) in [4.78, 5) is 22.3. The van der Waals surface area contributed by atoms with Crippen LogP contribution in [0.5, 0.6) is 5.75 Å². The fourth-order valence-electron chi connectivity index (χ4n) is 2.09. The van der Waals surface area contributed by atoms with E-state index < -0.39 is 17.4 Å². The third-order valence-corrected chi connectivity index (χ3v) is 3.06. The maximum atomic E-state index is 14.2. The molecule has 3 rings (SSSR count). The van der Waals surface area contributed by atoms with E-state index in [4.69, 9.17) is 10.5 Å². The van der Waals surface area contributed by atoms with Crippen LogP contribution >= 0.6 is 0 Å². The maximum absolute atomic E-state index is 14.2. The van der Waals surface area contributed by atoms with Crippen LogP contribution in [-0.4, -0.2) is 28.0 Å². The number of ether oxygens (including phenoxy) is 1. The number of methoxy groups -OCH3 is 1. The Bertz CT molecular complexity index is 811. The van der Waals surface area contributed by atoms with E-state index in [1.165, 1.54) is 13.3 Å². The first-order valence-electron chi connectivity index (χ1n) is 6.09. The van der Waals surface area contributed by atoms with Crippen LogP contribution in [0.4, 0.5) is 4.39 Å². The SMILES string of the molecule is COc1c(-c2nc3ccccc3[nH]2)cnc(C(N)=O)c1F. The topological polar surface area (TPSA) is 93.9 Å². The van der Waals surface area contributed by atoms with Gasteiger partial charge in [0.2, 0.25) is 0 Å². The lowest BCUT2D eigenvalue weighted by atomic mass is 10.2. The number of imidazole rings is 1. The minimum absolute atomic E-state index is 0.127. The number of pyridine rings is 1. The van der Waals surface area contributed by atoms with Gasteiger partial charge in [-0.2, -0.15) is 0 Å². The number of fused-ring (bicyclic) bond motifs is 1. The van der Waals surface area contributed by atoms with Crippen molar-refractivity contribution in [2.45, 2.75) is 0 Å². The number of nitrogens with one attached hydrogen (secondary N) is 1. The van der Waals surface area contributed by atoms with E-state index in [0.29, 0.717) is 11.4 Å². The fourth-order valence-corrected chi connectivity index (χ4v) is 2.09. The number of nitrogens with two attached hydrogens (primary N) is 1. The number of amides is 1. The van der Waals surface area contributed by atoms with Crippen LogP contribution < -0.4 is 10.5 Å². The molecule has 0 atom stereocenters. The number of nitrogens with zero attached hydrogens (tertiary/aromatic N) is 2. The minimum atomic E-state index is -0.957. The van der Waals surface area contributed by atoms with Gasteiger partial charge in [0.05, 0.1) is 23.7 Å². The summed E-state index contributed by atoms with van der Waals surface area (Å²) in [5, 5.41) is 0. The summed E-state index contributed by atoms with van der Waals surface area (Å²) in [5.74, 6) is -1.58. The van der Waals surface area contributed by atoms with Gasteiger partial charge in [-0.05, 0) is 12.1 Å². The Kier molecular flexibility index (Phi) is 3.02. The minimum Gasteiger partial charge on any atom is -0.493 e. The summed E-state index contributed by atoms with van der Waals surface area (Å²) in [6.45, 7) is 0. The van der Waals surface area contributed by atoms with Crippen LogP contribution in [0.15, 0.2) is 30.5 Å². The highest BCUT2D eigenvalue weighted by atomic mass is 19.1. The van der Waals surface area contributed by atoms with Crippen LogP contribution in [0.2, 0.25) is 0 Å². The van der Waals surface area contributed by atoms with Crippen molar-refractivity contribution in [3.05, 3.63) is 42.0 Å². The molecule has 0 aliphatic carbocycles. The van der Waals surface area contributed by atoms with E-state index >= 15 is 0 Å². The molecule has 1 amide bonds. The first kappa shape index (κ1) is 13.0. The predicted octanol–water partition coefficient (Wildman–Crippen LogP) is 1.87. The van der Waals surface area contributed by atoms with Gasteiger partial charge in [-0.1, -0.05) is 12.1 Å². The number of primary amides is 1. The molecule has 0 spiro atoms. The number of hydrogen-bond donors (Lipinski definition) is 2. The van der Waals surface area contributed by atoms with Crippen molar-refractivity contribution in [2.24, 2.45) is 5.73 Å². The Morgan fingerprint density at radius 1 is 1.38 bits per heavy atom. The van der Waals surface area contributed by atoms with Crippen molar-refractivity contribution >= 4 is 16.9 Å². The van der Waals surface area contributed by atoms with Crippen molar-refractivity contribution in [1.82, 2.24) is 15.0 Å². The molecule has 2 aromatic heterocycles. The van der Waals surface area contributed by atoms with Gasteiger partial charge in [0.1, 0.15) is 5.82 Å². The Balaban J connectivity index is 2.22. The van der Waals surface area contributed by atoms with Crippen LogP contribution in [0.3, 0.4) is 0 Å². The third-order valence-electron chi connectivity index (χ3n) is 3.06. The van der Waals surface area contributed by atoms with E-state index in [1.807, 2.05) is 24.3 Å². The molecule has 0 saturated carbocycles. The van der Waals surface area contributed by atoms with Crippen LogP contribution in [-0.2, 0) is 0 Å². The molecule has 0 fully saturated rings. The van der Waals surface area contributed by atoms with E-state index in [9.17, 15) is 9.18 Å². The highest BCUT2D eigenvalue weighted by molar-refractivity contribution is 5.92. The van der Waals surface area contributed by atoms with Crippen LogP contribution in [0.25, 0.3) is 22.4 Å². The second-order valence-electron chi connectivity index (χ2n) is 4.33. The third kappa shape index (κ3) is 2.08. The second-order valence-corrected chi connectivity index (χ2v) is 4.33. The standard InChI is InChI=1S/C14H11FN4O2/c1-21-12-7(6-17-11(10(12)15)13(16)20)14-18-8-4-2-3-5-9(8)19-14/h2-6H,1H3,(H2,16,20)(H,18,19). The van der Waals surface area contributed by atoms with Gasteiger partial charge in [-0.3, -0.25) is 4.79 Å². The molecular weight excluding hydrogens is 275 g/mol. The monoisotopic (exact) mass is 286 g/mol. The fraction of sp³-hybridized carbons (Fsp3) is 0.0714. The highest BCUT2D eigenvalue weighted by Gasteiger charge is 2.21. The molecule has 2 heterocycles. The Hall–Kier alpha value is -2.96. The first-order chi connectivity index (χ1) is 10.1. The summed E-state index contributed by atoms with van der Waals surface area (Å²) in [7, 11) is 1.30. The molecule has 7 heteroatoms. The summed E-state index contributed by atoms with van der Waals surface area (Å²) in [6, 6.07) is 7.37. The zero-order valence-electron chi connectivity index (χ0n) is 11.1. The zero-order valence-corrected chi connectivity index (χ0v) is 11.1. The molecule has 0 unspecified atom stereocenters. The van der Waals surface area contributed by atoms with Crippen molar-refractivity contribution in [1.29, 1.82) is 0 Å². The number of hydrogen-bond acceptors (Lipinski definition) is 4. The lowest BCUT2D eigenvalue weighted by Gasteiger charge is -2.08. The van der Waals surface area contributed by atoms with Gasteiger partial charge in [-0.25, -0.2) is 14.4 Å². The number of para-hydroxylation sites is 2. The molecule has 0 aliphatic heterocycles. The van der Waals surface area contributed by atoms with E-state index in [2.05, 4.69) is 15.0 Å². The number of carbonyl (C=O) groups excluding carboxylic acids is 1. The first-order valence-corrected chi connectivity index (χ1v) is 6.09. The number of aromatic nitrogens is 3. The molecule has 1 aromatic carbocycles. The number of benzene rings is 1. The van der Waals surface area contributed by atoms with Crippen molar-refractivity contribution in [2.75, 3.05) is 7.11 Å². The molecule has 0 aliphatic rings. The van der Waals surface area contributed by atoms with Gasteiger partial charge in [0.15, 0.2) is 17.3 Å². The molecule has 3 aromatic rings. The van der Waals surface area contributed by atoms with E-state index in [-0.39, 0.29) is 5.75 Å². The smallest absolute Gasteiger partial charge is 0.270 e. The average molecular weight is 286 g/mol. The lowest BCUT2D eigenvalue weighted by Crippen LogP contribution is -2.16. The molecule has 6 nitrogen and oxygen atoms in total. The van der Waals surface area contributed by atoms with Gasteiger partial charge >= 0.3 is 0 Å². The molecule has 106 valence electrons. The molecule has 0 bridgehead atoms. The molecule has 0 saturated heterocycles. The van der Waals surface area contributed by atoms with Crippen LogP contribution in [0.1, 0.15) is 10.5 Å². The summed E-state index contributed by atoms with van der Waals surface area (Å²) in [5.41, 5.74) is 6.45. The van der Waals surface area contributed by atoms with E-state index in [0.717, 1.165) is 11.0 Å². The molecule has 21 heavy (non-hydrogen) atoms. The summed E-state index contributed by atoms with van der Waals surface area (Å²) < 4.78 is 19.2. The zero-order chi connectivity index (χ0) is 15.0. The van der Waals surface area contributed by atoms with Crippen LogP contribution in [0, 0.1) is 5.82 Å².